The molecule has 0 radical (unpaired) electrons. The predicted octanol–water partition coefficient (Wildman–Crippen LogP) is 2.39. The molecule has 1 aliphatic rings. The SMILES string of the molecule is NC(N)=NC(=O)c1ccc2c(c1)C(c1cccc([N+](=O)[O-])c1)=CCC2. The molecule has 2 aromatic rings. The number of hydrogen-bond donors (Lipinski definition) is 2. The number of benzene rings is 2. The van der Waals surface area contributed by atoms with E-state index in [4.69, 9.17) is 11.5 Å². The minimum atomic E-state index is -0.522. The summed E-state index contributed by atoms with van der Waals surface area (Å²) in [5.41, 5.74) is 14.5. The Kier molecular flexibility index (Phi) is 4.30. The lowest BCUT2D eigenvalue weighted by Gasteiger charge is -2.19. The zero-order chi connectivity index (χ0) is 18.0. The van der Waals surface area contributed by atoms with Crippen LogP contribution in [0.25, 0.3) is 5.57 Å². The normalized spacial score (nSPS) is 12.7. The maximum absolute atomic E-state index is 12.1. The van der Waals surface area contributed by atoms with E-state index in [1.807, 2.05) is 18.2 Å². The van der Waals surface area contributed by atoms with E-state index >= 15 is 0 Å². The molecule has 7 nitrogen and oxygen atoms in total. The van der Waals surface area contributed by atoms with Crippen LogP contribution < -0.4 is 11.5 Å². The number of nitrogens with zero attached hydrogens (tertiary/aromatic N) is 2. The highest BCUT2D eigenvalue weighted by molar-refractivity contribution is 6.02. The fourth-order valence-corrected chi connectivity index (χ4v) is 2.90. The van der Waals surface area contributed by atoms with Crippen molar-refractivity contribution in [3.05, 3.63) is 80.9 Å². The van der Waals surface area contributed by atoms with Crippen LogP contribution in [0.4, 0.5) is 5.69 Å². The summed E-state index contributed by atoms with van der Waals surface area (Å²) in [5.74, 6) is -0.816. The van der Waals surface area contributed by atoms with Crippen LogP contribution in [0.15, 0.2) is 53.5 Å². The van der Waals surface area contributed by atoms with E-state index < -0.39 is 10.8 Å². The van der Waals surface area contributed by atoms with Gasteiger partial charge in [0, 0.05) is 17.7 Å². The molecule has 4 N–H and O–H groups in total. The van der Waals surface area contributed by atoms with Crippen molar-refractivity contribution in [2.75, 3.05) is 0 Å². The average molecular weight is 336 g/mol. The number of aliphatic imine (C=N–C) groups is 1. The Morgan fingerprint density at radius 3 is 2.68 bits per heavy atom. The second-order valence-electron chi connectivity index (χ2n) is 5.68. The summed E-state index contributed by atoms with van der Waals surface area (Å²) >= 11 is 0. The number of nitro groups is 1. The van der Waals surface area contributed by atoms with Gasteiger partial charge in [-0.05, 0) is 47.2 Å². The van der Waals surface area contributed by atoms with Crippen molar-refractivity contribution < 1.29 is 9.72 Å². The van der Waals surface area contributed by atoms with Crippen LogP contribution in [-0.4, -0.2) is 16.8 Å². The molecule has 0 aromatic heterocycles. The van der Waals surface area contributed by atoms with Gasteiger partial charge in [0.25, 0.3) is 11.6 Å². The van der Waals surface area contributed by atoms with Crippen LogP contribution >= 0.6 is 0 Å². The molecule has 0 bridgehead atoms. The summed E-state index contributed by atoms with van der Waals surface area (Å²) in [6.07, 6.45) is 3.69. The molecule has 1 aliphatic carbocycles. The Morgan fingerprint density at radius 1 is 1.16 bits per heavy atom. The molecule has 0 fully saturated rings. The number of carbonyl (C=O) groups is 1. The van der Waals surface area contributed by atoms with Crippen LogP contribution in [-0.2, 0) is 6.42 Å². The van der Waals surface area contributed by atoms with Crippen LogP contribution in [0.1, 0.15) is 33.5 Å². The minimum absolute atomic E-state index is 0.0262. The standard InChI is InChI=1S/C18H16N4O3/c19-18(20)21-17(23)13-8-7-11-3-2-6-15(16(11)10-13)12-4-1-5-14(9-12)22(24)25/h1,4-10H,2-3H2,(H4,19,20,21,23). The smallest absolute Gasteiger partial charge is 0.280 e. The number of nitro benzene ring substituents is 1. The maximum Gasteiger partial charge on any atom is 0.280 e. The molecule has 126 valence electrons. The van der Waals surface area contributed by atoms with Gasteiger partial charge in [-0.3, -0.25) is 14.9 Å². The van der Waals surface area contributed by atoms with Crippen molar-refractivity contribution in [1.29, 1.82) is 0 Å². The fraction of sp³-hybridized carbons (Fsp3) is 0.111. The van der Waals surface area contributed by atoms with Gasteiger partial charge in [0.15, 0.2) is 5.96 Å². The largest absolute Gasteiger partial charge is 0.370 e. The van der Waals surface area contributed by atoms with E-state index in [0.717, 1.165) is 35.1 Å². The van der Waals surface area contributed by atoms with Crippen molar-refractivity contribution in [1.82, 2.24) is 0 Å². The van der Waals surface area contributed by atoms with Crippen LogP contribution in [0, 0.1) is 10.1 Å². The summed E-state index contributed by atoms with van der Waals surface area (Å²) < 4.78 is 0. The third-order valence-electron chi connectivity index (χ3n) is 4.01. The van der Waals surface area contributed by atoms with E-state index in [1.54, 1.807) is 18.2 Å². The summed E-state index contributed by atoms with van der Waals surface area (Å²) in [4.78, 5) is 26.2. The van der Waals surface area contributed by atoms with Gasteiger partial charge < -0.3 is 11.5 Å². The fourth-order valence-electron chi connectivity index (χ4n) is 2.90. The molecule has 1 amide bonds. The summed E-state index contributed by atoms with van der Waals surface area (Å²) in [5, 5.41) is 11.0. The first-order valence-corrected chi connectivity index (χ1v) is 7.68. The van der Waals surface area contributed by atoms with Gasteiger partial charge in [0.05, 0.1) is 4.92 Å². The van der Waals surface area contributed by atoms with Gasteiger partial charge in [-0.15, -0.1) is 0 Å². The lowest BCUT2D eigenvalue weighted by Crippen LogP contribution is -2.24. The number of aryl methyl sites for hydroxylation is 1. The molecule has 0 aliphatic heterocycles. The third-order valence-corrected chi connectivity index (χ3v) is 4.01. The van der Waals surface area contributed by atoms with Gasteiger partial charge in [0.1, 0.15) is 0 Å². The van der Waals surface area contributed by atoms with Gasteiger partial charge in [0.2, 0.25) is 0 Å². The first-order valence-electron chi connectivity index (χ1n) is 7.68. The highest BCUT2D eigenvalue weighted by Crippen LogP contribution is 2.33. The van der Waals surface area contributed by atoms with E-state index in [9.17, 15) is 14.9 Å². The van der Waals surface area contributed by atoms with Crippen LogP contribution in [0.5, 0.6) is 0 Å². The summed E-state index contributed by atoms with van der Waals surface area (Å²) in [6, 6.07) is 11.7. The third kappa shape index (κ3) is 3.40. The molecule has 0 saturated heterocycles. The Hall–Kier alpha value is -3.48. The quantitative estimate of drug-likeness (QED) is 0.385. The van der Waals surface area contributed by atoms with E-state index in [1.165, 1.54) is 12.1 Å². The Balaban J connectivity index is 2.07. The molecular weight excluding hydrogens is 320 g/mol. The lowest BCUT2D eigenvalue weighted by atomic mass is 9.86. The molecule has 2 aromatic carbocycles. The number of carbonyl (C=O) groups excluding carboxylic acids is 1. The van der Waals surface area contributed by atoms with Crippen LogP contribution in [0.3, 0.4) is 0 Å². The summed E-state index contributed by atoms with van der Waals surface area (Å²) in [7, 11) is 0. The minimum Gasteiger partial charge on any atom is -0.370 e. The monoisotopic (exact) mass is 336 g/mol. The van der Waals surface area contributed by atoms with Gasteiger partial charge in [-0.1, -0.05) is 24.3 Å². The van der Waals surface area contributed by atoms with Crippen molar-refractivity contribution in [3.63, 3.8) is 0 Å². The zero-order valence-electron chi connectivity index (χ0n) is 13.3. The number of allylic oxidation sites excluding steroid dienone is 1. The molecule has 0 spiro atoms. The molecule has 0 saturated carbocycles. The van der Waals surface area contributed by atoms with E-state index in [2.05, 4.69) is 4.99 Å². The maximum atomic E-state index is 12.1. The second kappa shape index (κ2) is 6.56. The van der Waals surface area contributed by atoms with Crippen LogP contribution in [0.2, 0.25) is 0 Å². The molecule has 0 unspecified atom stereocenters. The number of amides is 1. The van der Waals surface area contributed by atoms with Crippen molar-refractivity contribution in [3.8, 4) is 0 Å². The van der Waals surface area contributed by atoms with Crippen molar-refractivity contribution >= 4 is 23.1 Å². The van der Waals surface area contributed by atoms with Crippen molar-refractivity contribution in [2.24, 2.45) is 16.5 Å². The molecule has 0 heterocycles. The second-order valence-corrected chi connectivity index (χ2v) is 5.68. The first-order chi connectivity index (χ1) is 12.0. The van der Waals surface area contributed by atoms with Crippen molar-refractivity contribution in [2.45, 2.75) is 12.8 Å². The molecule has 7 heteroatoms. The average Bonchev–Trinajstić information content (AvgIpc) is 2.60. The van der Waals surface area contributed by atoms with Gasteiger partial charge >= 0.3 is 0 Å². The summed E-state index contributed by atoms with van der Waals surface area (Å²) in [6.45, 7) is 0. The zero-order valence-corrected chi connectivity index (χ0v) is 13.3. The number of nitrogens with two attached hydrogens (primary N) is 2. The molecule has 3 rings (SSSR count). The first kappa shape index (κ1) is 16.4. The number of non-ortho nitro benzene ring substituents is 1. The van der Waals surface area contributed by atoms with Gasteiger partial charge in [-0.2, -0.15) is 4.99 Å². The highest BCUT2D eigenvalue weighted by Gasteiger charge is 2.18. The number of fused-ring (bicyclic) bond motifs is 1. The van der Waals surface area contributed by atoms with E-state index in [-0.39, 0.29) is 11.6 Å². The molecule has 0 atom stereocenters. The lowest BCUT2D eigenvalue weighted by molar-refractivity contribution is -0.384. The topological polar surface area (TPSA) is 125 Å². The number of rotatable bonds is 3. The molecular formula is C18H16N4O3. The highest BCUT2D eigenvalue weighted by atomic mass is 16.6. The van der Waals surface area contributed by atoms with E-state index in [0.29, 0.717) is 5.56 Å². The predicted molar refractivity (Wildman–Crippen MR) is 95.1 cm³/mol. The Morgan fingerprint density at radius 2 is 1.96 bits per heavy atom. The number of guanidine groups is 1. The Bertz CT molecular complexity index is 928. The molecule has 25 heavy (non-hydrogen) atoms. The van der Waals surface area contributed by atoms with Gasteiger partial charge in [-0.25, -0.2) is 0 Å². The number of hydrogen-bond acceptors (Lipinski definition) is 3. The Labute approximate surface area is 143 Å².